The van der Waals surface area contributed by atoms with Crippen molar-refractivity contribution >= 4 is 22.5 Å². The third-order valence-corrected chi connectivity index (χ3v) is 5.51. The highest BCUT2D eigenvalue weighted by Gasteiger charge is 2.29. The third-order valence-electron chi connectivity index (χ3n) is 5.22. The number of benzene rings is 3. The van der Waals surface area contributed by atoms with E-state index in [1.807, 2.05) is 66.2 Å². The molecule has 0 aliphatic heterocycles. The molecule has 0 bridgehead atoms. The van der Waals surface area contributed by atoms with Crippen LogP contribution in [0.2, 0.25) is 5.02 Å². The molecule has 0 N–H and O–H groups in total. The first-order valence-electron chi connectivity index (χ1n) is 9.17. The molecule has 1 unspecified atom stereocenters. The van der Waals surface area contributed by atoms with E-state index >= 15 is 0 Å². The zero-order valence-electron chi connectivity index (χ0n) is 15.7. The van der Waals surface area contributed by atoms with Crippen LogP contribution in [0.25, 0.3) is 22.2 Å². The third kappa shape index (κ3) is 3.49. The van der Waals surface area contributed by atoms with E-state index in [0.29, 0.717) is 0 Å². The number of halogens is 2. The predicted octanol–water partition coefficient (Wildman–Crippen LogP) is 6.05. The number of fused-ring (bicyclic) bond motifs is 1. The highest BCUT2D eigenvalue weighted by atomic mass is 35.5. The van der Waals surface area contributed by atoms with E-state index in [9.17, 15) is 14.5 Å². The van der Waals surface area contributed by atoms with Gasteiger partial charge in [0.2, 0.25) is 6.54 Å². The molecule has 4 rings (SSSR count). The van der Waals surface area contributed by atoms with Crippen LogP contribution in [-0.4, -0.2) is 16.0 Å². The van der Waals surface area contributed by atoms with Crippen LogP contribution in [0, 0.1) is 15.9 Å². The quantitative estimate of drug-likeness (QED) is 0.298. The minimum absolute atomic E-state index is 0.0178. The van der Waals surface area contributed by atoms with Gasteiger partial charge in [0.05, 0.1) is 16.6 Å². The Kier molecular flexibility index (Phi) is 5.07. The fraction of sp³-hybridized carbons (Fsp3) is 0.130. The van der Waals surface area contributed by atoms with Crippen LogP contribution < -0.4 is 0 Å². The standard InChI is InChI=1S/C23H18ClFN2O2/c1-26-21-10-6-5-9-17(21)22(23(26)16-11-12-20(25)19(24)13-16)18(14-27(28)29)15-7-3-2-4-8-15/h2-13,18H,14H2,1H3. The fourth-order valence-electron chi connectivity index (χ4n) is 3.97. The summed E-state index contributed by atoms with van der Waals surface area (Å²) < 4.78 is 15.8. The van der Waals surface area contributed by atoms with Crippen LogP contribution in [0.5, 0.6) is 0 Å². The maximum Gasteiger partial charge on any atom is 0.214 e. The van der Waals surface area contributed by atoms with Crippen molar-refractivity contribution in [3.63, 3.8) is 0 Å². The molecule has 0 amide bonds. The summed E-state index contributed by atoms with van der Waals surface area (Å²) in [6.07, 6.45) is 0. The van der Waals surface area contributed by atoms with Gasteiger partial charge in [-0.05, 0) is 35.4 Å². The Labute approximate surface area is 172 Å². The van der Waals surface area contributed by atoms with E-state index in [1.54, 1.807) is 12.1 Å². The number of hydrogen-bond donors (Lipinski definition) is 0. The molecule has 6 heteroatoms. The Morgan fingerprint density at radius 3 is 2.45 bits per heavy atom. The van der Waals surface area contributed by atoms with Crippen LogP contribution in [0.15, 0.2) is 72.8 Å². The van der Waals surface area contributed by atoms with Crippen LogP contribution in [0.1, 0.15) is 17.0 Å². The molecular weight excluding hydrogens is 391 g/mol. The molecule has 29 heavy (non-hydrogen) atoms. The van der Waals surface area contributed by atoms with E-state index in [4.69, 9.17) is 11.6 Å². The van der Waals surface area contributed by atoms with Gasteiger partial charge >= 0.3 is 0 Å². The normalized spacial score (nSPS) is 12.2. The summed E-state index contributed by atoms with van der Waals surface area (Å²) in [5, 5.41) is 12.5. The smallest absolute Gasteiger partial charge is 0.214 e. The van der Waals surface area contributed by atoms with E-state index in [0.717, 1.165) is 33.3 Å². The van der Waals surface area contributed by atoms with Crippen molar-refractivity contribution < 1.29 is 9.31 Å². The van der Waals surface area contributed by atoms with Gasteiger partial charge in [0.25, 0.3) is 0 Å². The molecule has 0 fully saturated rings. The fourth-order valence-corrected chi connectivity index (χ4v) is 4.15. The molecule has 1 atom stereocenters. The Morgan fingerprint density at radius 2 is 1.76 bits per heavy atom. The minimum Gasteiger partial charge on any atom is -0.343 e. The summed E-state index contributed by atoms with van der Waals surface area (Å²) in [5.74, 6) is -0.961. The molecule has 0 radical (unpaired) electrons. The van der Waals surface area contributed by atoms with Gasteiger partial charge in [0.15, 0.2) is 0 Å². The van der Waals surface area contributed by atoms with Gasteiger partial charge in [-0.2, -0.15) is 0 Å². The Bertz CT molecular complexity index is 1200. The lowest BCUT2D eigenvalue weighted by atomic mass is 9.87. The van der Waals surface area contributed by atoms with Crippen LogP contribution >= 0.6 is 11.6 Å². The molecule has 1 aromatic heterocycles. The first-order chi connectivity index (χ1) is 14.0. The lowest BCUT2D eigenvalue weighted by Crippen LogP contribution is -2.15. The van der Waals surface area contributed by atoms with E-state index in [-0.39, 0.29) is 16.5 Å². The molecule has 3 aromatic carbocycles. The zero-order valence-corrected chi connectivity index (χ0v) is 16.4. The van der Waals surface area contributed by atoms with Gasteiger partial charge in [-0.3, -0.25) is 10.1 Å². The Hall–Kier alpha value is -3.18. The van der Waals surface area contributed by atoms with Crippen molar-refractivity contribution in [3.05, 3.63) is 105 Å². The first-order valence-corrected chi connectivity index (χ1v) is 9.54. The lowest BCUT2D eigenvalue weighted by molar-refractivity contribution is -0.481. The summed E-state index contributed by atoms with van der Waals surface area (Å²) in [7, 11) is 1.91. The number of nitro groups is 1. The predicted molar refractivity (Wildman–Crippen MR) is 113 cm³/mol. The second-order valence-electron chi connectivity index (χ2n) is 6.95. The molecule has 0 aliphatic carbocycles. The summed E-state index contributed by atoms with van der Waals surface area (Å²) in [6, 6.07) is 21.8. The number of hydrogen-bond acceptors (Lipinski definition) is 2. The van der Waals surface area contributed by atoms with Gasteiger partial charge in [-0.25, -0.2) is 4.39 Å². The van der Waals surface area contributed by atoms with Gasteiger partial charge < -0.3 is 4.57 Å². The second-order valence-corrected chi connectivity index (χ2v) is 7.35. The minimum atomic E-state index is -0.499. The van der Waals surface area contributed by atoms with E-state index < -0.39 is 11.7 Å². The number of rotatable bonds is 5. The highest BCUT2D eigenvalue weighted by Crippen LogP contribution is 2.41. The summed E-state index contributed by atoms with van der Waals surface area (Å²) >= 11 is 6.06. The summed E-state index contributed by atoms with van der Waals surface area (Å²) in [5.41, 5.74) is 4.16. The van der Waals surface area contributed by atoms with Crippen LogP contribution in [-0.2, 0) is 7.05 Å². The van der Waals surface area contributed by atoms with Gasteiger partial charge in [0, 0.05) is 28.4 Å². The average molecular weight is 409 g/mol. The SMILES string of the molecule is Cn1c(-c2ccc(F)c(Cl)c2)c(C(C[N+](=O)[O-])c2ccccc2)c2ccccc21. The number of aryl methyl sites for hydroxylation is 1. The van der Waals surface area contributed by atoms with E-state index in [1.165, 1.54) is 6.07 Å². The second kappa shape index (κ2) is 7.68. The monoisotopic (exact) mass is 408 g/mol. The molecule has 0 saturated carbocycles. The summed E-state index contributed by atoms with van der Waals surface area (Å²) in [4.78, 5) is 11.3. The van der Waals surface area contributed by atoms with Gasteiger partial charge in [0.1, 0.15) is 5.82 Å². The molecule has 146 valence electrons. The van der Waals surface area contributed by atoms with Crippen LogP contribution in [0.4, 0.5) is 4.39 Å². The summed E-state index contributed by atoms with van der Waals surface area (Å²) in [6.45, 7) is -0.250. The van der Waals surface area contributed by atoms with Crippen molar-refractivity contribution in [1.29, 1.82) is 0 Å². The molecule has 0 aliphatic rings. The van der Waals surface area contributed by atoms with Crippen molar-refractivity contribution in [2.75, 3.05) is 6.54 Å². The van der Waals surface area contributed by atoms with E-state index in [2.05, 4.69) is 0 Å². The molecule has 0 spiro atoms. The van der Waals surface area contributed by atoms with Crippen molar-refractivity contribution in [3.8, 4) is 11.3 Å². The number of aromatic nitrogens is 1. The number of para-hydroxylation sites is 1. The van der Waals surface area contributed by atoms with Crippen molar-refractivity contribution in [2.24, 2.45) is 7.05 Å². The Morgan fingerprint density at radius 1 is 1.07 bits per heavy atom. The molecule has 0 saturated heterocycles. The van der Waals surface area contributed by atoms with Gasteiger partial charge in [-0.1, -0.05) is 60.1 Å². The first kappa shape index (κ1) is 19.2. The highest BCUT2D eigenvalue weighted by molar-refractivity contribution is 6.31. The maximum atomic E-state index is 13.8. The maximum absolute atomic E-state index is 13.8. The topological polar surface area (TPSA) is 48.1 Å². The molecule has 1 heterocycles. The largest absolute Gasteiger partial charge is 0.343 e. The van der Waals surface area contributed by atoms with Gasteiger partial charge in [-0.15, -0.1) is 0 Å². The average Bonchev–Trinajstić information content (AvgIpc) is 3.01. The number of nitrogens with zero attached hydrogens (tertiary/aromatic N) is 2. The Balaban J connectivity index is 2.06. The molecule has 4 nitrogen and oxygen atoms in total. The van der Waals surface area contributed by atoms with Crippen molar-refractivity contribution in [2.45, 2.75) is 5.92 Å². The molecular formula is C23H18ClFN2O2. The lowest BCUT2D eigenvalue weighted by Gasteiger charge is -2.17. The van der Waals surface area contributed by atoms with Crippen molar-refractivity contribution in [1.82, 2.24) is 4.57 Å². The zero-order chi connectivity index (χ0) is 20.5. The van der Waals surface area contributed by atoms with Crippen LogP contribution in [0.3, 0.4) is 0 Å². The molecule has 4 aromatic rings.